The molecule has 0 aromatic heterocycles. The molecule has 0 radical (unpaired) electrons. The normalized spacial score (nSPS) is 11.5. The summed E-state index contributed by atoms with van der Waals surface area (Å²) in [6.07, 6.45) is 0.698. The first-order valence-corrected chi connectivity index (χ1v) is 7.71. The van der Waals surface area contributed by atoms with Gasteiger partial charge in [0.1, 0.15) is 5.75 Å². The van der Waals surface area contributed by atoms with E-state index in [-0.39, 0.29) is 11.2 Å². The Morgan fingerprint density at radius 1 is 1.05 bits per heavy atom. The Labute approximate surface area is 132 Å². The molecule has 0 amide bonds. The fraction of sp³-hybridized carbons (Fsp3) is 0.350. The molecule has 0 atom stereocenters. The summed E-state index contributed by atoms with van der Waals surface area (Å²) in [6.45, 7) is 10.1. The van der Waals surface area contributed by atoms with E-state index in [1.807, 2.05) is 71.0 Å². The molecule has 0 spiro atoms. The summed E-state index contributed by atoms with van der Waals surface area (Å²) in [4.78, 5) is 12.7. The van der Waals surface area contributed by atoms with Crippen LogP contribution in [0.5, 0.6) is 5.75 Å². The van der Waals surface area contributed by atoms with E-state index in [9.17, 15) is 9.90 Å². The van der Waals surface area contributed by atoms with Gasteiger partial charge < -0.3 is 5.11 Å². The van der Waals surface area contributed by atoms with Crippen molar-refractivity contribution in [2.75, 3.05) is 0 Å². The molecule has 2 aromatic carbocycles. The van der Waals surface area contributed by atoms with Gasteiger partial charge in [0, 0.05) is 16.7 Å². The summed E-state index contributed by atoms with van der Waals surface area (Å²) in [6, 6.07) is 11.2. The third-order valence-electron chi connectivity index (χ3n) is 3.95. The van der Waals surface area contributed by atoms with Gasteiger partial charge in [0.05, 0.1) is 0 Å². The fourth-order valence-corrected chi connectivity index (χ4v) is 2.54. The van der Waals surface area contributed by atoms with E-state index in [2.05, 4.69) is 0 Å². The van der Waals surface area contributed by atoms with Crippen LogP contribution in [-0.4, -0.2) is 10.9 Å². The lowest BCUT2D eigenvalue weighted by molar-refractivity contribution is 0.103. The monoisotopic (exact) mass is 296 g/mol. The minimum Gasteiger partial charge on any atom is -0.507 e. The Balaban J connectivity index is 2.55. The molecule has 22 heavy (non-hydrogen) atoms. The van der Waals surface area contributed by atoms with Crippen LogP contribution in [0.2, 0.25) is 0 Å². The van der Waals surface area contributed by atoms with Crippen molar-refractivity contribution in [3.63, 3.8) is 0 Å². The van der Waals surface area contributed by atoms with E-state index in [1.54, 1.807) is 0 Å². The van der Waals surface area contributed by atoms with Crippen LogP contribution in [0.1, 0.15) is 60.3 Å². The number of benzene rings is 2. The maximum Gasteiger partial charge on any atom is 0.193 e. The van der Waals surface area contributed by atoms with E-state index in [0.717, 1.165) is 16.7 Å². The predicted molar refractivity (Wildman–Crippen MR) is 90.8 cm³/mol. The number of aromatic hydroxyl groups is 1. The molecular formula is C20H24O2. The van der Waals surface area contributed by atoms with Crippen molar-refractivity contribution >= 4 is 5.78 Å². The van der Waals surface area contributed by atoms with Crippen molar-refractivity contribution < 1.29 is 9.90 Å². The molecule has 0 aliphatic heterocycles. The first-order chi connectivity index (χ1) is 10.2. The standard InChI is InChI=1S/C20H24O2/c1-6-14-11-16(12-17(19(14)22)20(3,4)5)18(21)15-9-7-13(2)8-10-15/h7-12,22H,6H2,1-5H3. The van der Waals surface area contributed by atoms with Crippen LogP contribution in [0.3, 0.4) is 0 Å². The van der Waals surface area contributed by atoms with E-state index < -0.39 is 0 Å². The molecule has 0 fully saturated rings. The summed E-state index contributed by atoms with van der Waals surface area (Å²) < 4.78 is 0. The van der Waals surface area contributed by atoms with Gasteiger partial charge >= 0.3 is 0 Å². The van der Waals surface area contributed by atoms with Crippen LogP contribution >= 0.6 is 0 Å². The third kappa shape index (κ3) is 3.22. The first-order valence-electron chi connectivity index (χ1n) is 7.71. The summed E-state index contributed by atoms with van der Waals surface area (Å²) in [5.41, 5.74) is 3.89. The lowest BCUT2D eigenvalue weighted by Crippen LogP contribution is -2.14. The summed E-state index contributed by atoms with van der Waals surface area (Å²) >= 11 is 0. The van der Waals surface area contributed by atoms with Gasteiger partial charge in [-0.25, -0.2) is 0 Å². The number of phenols is 1. The molecule has 2 nitrogen and oxygen atoms in total. The molecule has 0 unspecified atom stereocenters. The van der Waals surface area contributed by atoms with Crippen molar-refractivity contribution in [1.29, 1.82) is 0 Å². The topological polar surface area (TPSA) is 37.3 Å². The van der Waals surface area contributed by atoms with Crippen LogP contribution in [0.15, 0.2) is 36.4 Å². The molecule has 2 aromatic rings. The van der Waals surface area contributed by atoms with Crippen LogP contribution < -0.4 is 0 Å². The molecule has 0 saturated heterocycles. The van der Waals surface area contributed by atoms with Gasteiger partial charge in [-0.2, -0.15) is 0 Å². The number of hydrogen-bond donors (Lipinski definition) is 1. The van der Waals surface area contributed by atoms with E-state index in [0.29, 0.717) is 23.3 Å². The zero-order valence-corrected chi connectivity index (χ0v) is 14.0. The maximum absolute atomic E-state index is 12.7. The van der Waals surface area contributed by atoms with Crippen molar-refractivity contribution in [2.45, 2.75) is 46.5 Å². The van der Waals surface area contributed by atoms with Gasteiger partial charge in [0.15, 0.2) is 5.78 Å². The number of phenolic OH excluding ortho intramolecular Hbond substituents is 1. The molecule has 0 aliphatic carbocycles. The molecular weight excluding hydrogens is 272 g/mol. The highest BCUT2D eigenvalue weighted by Crippen LogP contribution is 2.35. The van der Waals surface area contributed by atoms with Crippen LogP contribution in [0, 0.1) is 6.92 Å². The average molecular weight is 296 g/mol. The quantitative estimate of drug-likeness (QED) is 0.827. The van der Waals surface area contributed by atoms with Gasteiger partial charge in [-0.15, -0.1) is 0 Å². The molecule has 2 rings (SSSR count). The van der Waals surface area contributed by atoms with Crippen LogP contribution in [0.25, 0.3) is 0 Å². The lowest BCUT2D eigenvalue weighted by Gasteiger charge is -2.23. The number of rotatable bonds is 3. The van der Waals surface area contributed by atoms with Gasteiger partial charge in [0.2, 0.25) is 0 Å². The number of ketones is 1. The first kappa shape index (κ1) is 16.3. The summed E-state index contributed by atoms with van der Waals surface area (Å²) in [5.74, 6) is 0.315. The Hall–Kier alpha value is -2.09. The Kier molecular flexibility index (Phi) is 4.41. The Morgan fingerprint density at radius 2 is 1.64 bits per heavy atom. The van der Waals surface area contributed by atoms with Crippen molar-refractivity contribution in [3.05, 3.63) is 64.2 Å². The fourth-order valence-electron chi connectivity index (χ4n) is 2.54. The number of hydrogen-bond acceptors (Lipinski definition) is 2. The van der Waals surface area contributed by atoms with Crippen molar-refractivity contribution in [1.82, 2.24) is 0 Å². The van der Waals surface area contributed by atoms with Crippen LogP contribution in [0.4, 0.5) is 0 Å². The van der Waals surface area contributed by atoms with Crippen molar-refractivity contribution in [2.24, 2.45) is 0 Å². The average Bonchev–Trinajstić information content (AvgIpc) is 2.46. The summed E-state index contributed by atoms with van der Waals surface area (Å²) in [7, 11) is 0. The van der Waals surface area contributed by atoms with E-state index >= 15 is 0 Å². The van der Waals surface area contributed by atoms with Gasteiger partial charge in [0.25, 0.3) is 0 Å². The largest absolute Gasteiger partial charge is 0.507 e. The second-order valence-electron chi connectivity index (χ2n) is 6.83. The Morgan fingerprint density at radius 3 is 2.14 bits per heavy atom. The molecule has 0 saturated carbocycles. The lowest BCUT2D eigenvalue weighted by atomic mass is 9.83. The minimum atomic E-state index is -0.211. The molecule has 0 heterocycles. The number of carbonyl (C=O) groups is 1. The minimum absolute atomic E-state index is 0.000185. The highest BCUT2D eigenvalue weighted by molar-refractivity contribution is 6.09. The maximum atomic E-state index is 12.7. The second-order valence-corrected chi connectivity index (χ2v) is 6.83. The van der Waals surface area contributed by atoms with Crippen LogP contribution in [-0.2, 0) is 11.8 Å². The zero-order valence-electron chi connectivity index (χ0n) is 14.0. The predicted octanol–water partition coefficient (Wildman–Crippen LogP) is 4.79. The number of aryl methyl sites for hydroxylation is 2. The summed E-state index contributed by atoms with van der Waals surface area (Å²) in [5, 5.41) is 10.4. The molecule has 116 valence electrons. The van der Waals surface area contributed by atoms with Crippen molar-refractivity contribution in [3.8, 4) is 5.75 Å². The SMILES string of the molecule is CCc1cc(C(=O)c2ccc(C)cc2)cc(C(C)(C)C)c1O. The van der Waals surface area contributed by atoms with E-state index in [4.69, 9.17) is 0 Å². The zero-order chi connectivity index (χ0) is 16.5. The second kappa shape index (κ2) is 5.96. The van der Waals surface area contributed by atoms with Gasteiger partial charge in [-0.1, -0.05) is 57.5 Å². The highest BCUT2D eigenvalue weighted by Gasteiger charge is 2.22. The van der Waals surface area contributed by atoms with E-state index in [1.165, 1.54) is 0 Å². The molecule has 1 N–H and O–H groups in total. The van der Waals surface area contributed by atoms with Gasteiger partial charge in [-0.3, -0.25) is 4.79 Å². The highest BCUT2D eigenvalue weighted by atomic mass is 16.3. The Bertz CT molecular complexity index is 689. The smallest absolute Gasteiger partial charge is 0.193 e. The molecule has 0 aliphatic rings. The molecule has 2 heteroatoms. The molecule has 0 bridgehead atoms. The van der Waals surface area contributed by atoms with Gasteiger partial charge in [-0.05, 0) is 36.5 Å². The number of carbonyl (C=O) groups excluding carboxylic acids is 1. The third-order valence-corrected chi connectivity index (χ3v) is 3.95.